The fourth-order valence-electron chi connectivity index (χ4n) is 4.55. The molecule has 1 aromatic carbocycles. The van der Waals surface area contributed by atoms with Gasteiger partial charge in [-0.25, -0.2) is 0 Å². The highest BCUT2D eigenvalue weighted by Crippen LogP contribution is 2.37. The Balaban J connectivity index is 1.65. The van der Waals surface area contributed by atoms with Crippen molar-refractivity contribution < 1.29 is 27.6 Å². The van der Waals surface area contributed by atoms with Gasteiger partial charge < -0.3 is 10.2 Å². The minimum Gasteiger partial charge on any atom is -0.322 e. The molecular formula is C22H28F3N3O3. The Labute approximate surface area is 179 Å². The van der Waals surface area contributed by atoms with E-state index in [2.05, 4.69) is 10.6 Å². The monoisotopic (exact) mass is 439 g/mol. The molecule has 1 aliphatic carbocycles. The molecule has 0 saturated heterocycles. The highest BCUT2D eigenvalue weighted by atomic mass is 19.4. The molecule has 0 bridgehead atoms. The predicted molar refractivity (Wildman–Crippen MR) is 108 cm³/mol. The topological polar surface area (TPSA) is 78.5 Å². The fraction of sp³-hybridized carbons (Fsp3) is 0.591. The van der Waals surface area contributed by atoms with Crippen molar-refractivity contribution in [3.8, 4) is 0 Å². The smallest absolute Gasteiger partial charge is 0.322 e. The van der Waals surface area contributed by atoms with Crippen LogP contribution in [0.3, 0.4) is 0 Å². The molecule has 1 saturated carbocycles. The minimum atomic E-state index is -4.15. The second kappa shape index (κ2) is 9.80. The van der Waals surface area contributed by atoms with E-state index in [1.807, 2.05) is 13.0 Å². The lowest BCUT2D eigenvalue weighted by Gasteiger charge is -2.31. The largest absolute Gasteiger partial charge is 0.391 e. The summed E-state index contributed by atoms with van der Waals surface area (Å²) in [6.45, 7) is 2.58. The molecule has 0 spiro atoms. The highest BCUT2D eigenvalue weighted by Gasteiger charge is 2.42. The Morgan fingerprint density at radius 2 is 2.10 bits per heavy atom. The van der Waals surface area contributed by atoms with Crippen LogP contribution < -0.4 is 10.6 Å². The lowest BCUT2D eigenvalue weighted by atomic mass is 9.85. The first-order chi connectivity index (χ1) is 14.7. The van der Waals surface area contributed by atoms with E-state index in [4.69, 9.17) is 0 Å². The Kier molecular flexibility index (Phi) is 7.35. The number of halogens is 3. The molecule has 3 rings (SSSR count). The summed E-state index contributed by atoms with van der Waals surface area (Å²) < 4.78 is 39.0. The molecule has 3 unspecified atom stereocenters. The molecule has 1 heterocycles. The van der Waals surface area contributed by atoms with Gasteiger partial charge in [-0.3, -0.25) is 19.7 Å². The number of hydrogen-bond donors (Lipinski definition) is 2. The van der Waals surface area contributed by atoms with Crippen molar-refractivity contribution in [1.29, 1.82) is 0 Å². The van der Waals surface area contributed by atoms with Crippen molar-refractivity contribution in [2.24, 2.45) is 5.92 Å². The highest BCUT2D eigenvalue weighted by molar-refractivity contribution is 6.02. The molecule has 1 fully saturated rings. The average Bonchev–Trinajstić information content (AvgIpc) is 3.06. The van der Waals surface area contributed by atoms with Gasteiger partial charge in [0.05, 0.1) is 5.92 Å². The number of rotatable bonds is 8. The molecule has 31 heavy (non-hydrogen) atoms. The van der Waals surface area contributed by atoms with E-state index in [0.717, 1.165) is 11.1 Å². The molecule has 1 aliphatic heterocycles. The summed E-state index contributed by atoms with van der Waals surface area (Å²) in [5.74, 6) is -2.01. The summed E-state index contributed by atoms with van der Waals surface area (Å²) in [7, 11) is 0. The second-order valence-corrected chi connectivity index (χ2v) is 8.34. The number of nitrogens with one attached hydrogen (secondary N) is 2. The third-order valence-corrected chi connectivity index (χ3v) is 6.18. The van der Waals surface area contributed by atoms with E-state index in [1.165, 1.54) is 4.90 Å². The number of fused-ring (bicyclic) bond motifs is 1. The Morgan fingerprint density at radius 1 is 1.32 bits per heavy atom. The third-order valence-electron chi connectivity index (χ3n) is 6.18. The number of benzene rings is 1. The lowest BCUT2D eigenvalue weighted by Crippen LogP contribution is -2.46. The molecule has 1 aromatic rings. The zero-order valence-corrected chi connectivity index (χ0v) is 17.5. The lowest BCUT2D eigenvalue weighted by molar-refractivity contribution is -0.183. The quantitative estimate of drug-likeness (QED) is 0.610. The summed E-state index contributed by atoms with van der Waals surface area (Å²) in [6, 6.07) is 4.45. The number of amides is 3. The van der Waals surface area contributed by atoms with E-state index < -0.39 is 24.0 Å². The standard InChI is InChI=1S/C22H28F3N3O3/c1-2-4-19(20(30)27-13-29)28-12-15-9-14(7-8-18(15)21(28)31)11-26-17-6-3-5-16(10-17)22(23,24)25/h7-9,13,16-17,19,26H,2-6,10-12H2,1H3,(H,27,29,30). The number of hydrogen-bond acceptors (Lipinski definition) is 4. The van der Waals surface area contributed by atoms with E-state index in [9.17, 15) is 27.6 Å². The number of carbonyl (C=O) groups excluding carboxylic acids is 3. The molecule has 170 valence electrons. The molecule has 2 aliphatic rings. The summed E-state index contributed by atoms with van der Waals surface area (Å²) in [4.78, 5) is 37.2. The third kappa shape index (κ3) is 5.44. The minimum absolute atomic E-state index is 0.0885. The van der Waals surface area contributed by atoms with Crippen molar-refractivity contribution in [3.05, 3.63) is 34.9 Å². The van der Waals surface area contributed by atoms with Crippen LogP contribution >= 0.6 is 0 Å². The van der Waals surface area contributed by atoms with Gasteiger partial charge >= 0.3 is 6.18 Å². The van der Waals surface area contributed by atoms with Gasteiger partial charge in [0.1, 0.15) is 6.04 Å². The van der Waals surface area contributed by atoms with Gasteiger partial charge in [0.15, 0.2) is 0 Å². The van der Waals surface area contributed by atoms with Crippen LogP contribution in [-0.2, 0) is 22.7 Å². The van der Waals surface area contributed by atoms with Crippen LogP contribution in [0.25, 0.3) is 0 Å². The van der Waals surface area contributed by atoms with Crippen molar-refractivity contribution in [2.75, 3.05) is 0 Å². The molecule has 9 heteroatoms. The van der Waals surface area contributed by atoms with Gasteiger partial charge in [0.25, 0.3) is 5.91 Å². The first-order valence-corrected chi connectivity index (χ1v) is 10.7. The molecule has 0 aromatic heterocycles. The van der Waals surface area contributed by atoms with Crippen molar-refractivity contribution >= 4 is 18.2 Å². The SMILES string of the molecule is CCCC(C(=O)NC=O)N1Cc2cc(CNC3CCCC(C(F)(F)F)C3)ccc2C1=O. The Morgan fingerprint density at radius 3 is 2.77 bits per heavy atom. The first-order valence-electron chi connectivity index (χ1n) is 10.7. The van der Waals surface area contributed by atoms with Gasteiger partial charge in [0.2, 0.25) is 12.3 Å². The van der Waals surface area contributed by atoms with Gasteiger partial charge in [0, 0.05) is 24.7 Å². The van der Waals surface area contributed by atoms with Crippen LogP contribution in [0.4, 0.5) is 13.2 Å². The first kappa shape index (κ1) is 23.2. The number of alkyl halides is 3. The Hall–Kier alpha value is -2.42. The van der Waals surface area contributed by atoms with E-state index in [1.54, 1.807) is 12.1 Å². The number of imide groups is 1. The van der Waals surface area contributed by atoms with E-state index >= 15 is 0 Å². The van der Waals surface area contributed by atoms with Crippen LogP contribution in [0.5, 0.6) is 0 Å². The molecule has 0 radical (unpaired) electrons. The predicted octanol–water partition coefficient (Wildman–Crippen LogP) is 3.29. The maximum atomic E-state index is 13.0. The van der Waals surface area contributed by atoms with Gasteiger partial charge in [-0.05, 0) is 42.9 Å². The van der Waals surface area contributed by atoms with Crippen molar-refractivity contribution in [2.45, 2.75) is 76.8 Å². The Bertz CT molecular complexity index is 828. The maximum absolute atomic E-state index is 13.0. The van der Waals surface area contributed by atoms with Gasteiger partial charge in [-0.15, -0.1) is 0 Å². The fourth-order valence-corrected chi connectivity index (χ4v) is 4.55. The van der Waals surface area contributed by atoms with E-state index in [0.29, 0.717) is 44.2 Å². The molecule has 3 atom stereocenters. The molecular weight excluding hydrogens is 411 g/mol. The summed E-state index contributed by atoms with van der Waals surface area (Å²) in [6.07, 6.45) is -1.17. The maximum Gasteiger partial charge on any atom is 0.391 e. The molecule has 3 amide bonds. The van der Waals surface area contributed by atoms with Gasteiger partial charge in [-0.2, -0.15) is 13.2 Å². The molecule has 2 N–H and O–H groups in total. The van der Waals surface area contributed by atoms with Crippen LogP contribution in [0.15, 0.2) is 18.2 Å². The summed E-state index contributed by atoms with van der Waals surface area (Å²) >= 11 is 0. The molecule has 6 nitrogen and oxygen atoms in total. The zero-order valence-electron chi connectivity index (χ0n) is 17.5. The van der Waals surface area contributed by atoms with Crippen LogP contribution in [0.2, 0.25) is 0 Å². The van der Waals surface area contributed by atoms with Crippen molar-refractivity contribution in [1.82, 2.24) is 15.5 Å². The van der Waals surface area contributed by atoms with Crippen LogP contribution in [-0.4, -0.2) is 41.4 Å². The number of carbonyl (C=O) groups is 3. The average molecular weight is 439 g/mol. The van der Waals surface area contributed by atoms with Crippen molar-refractivity contribution in [3.63, 3.8) is 0 Å². The van der Waals surface area contributed by atoms with Crippen LogP contribution in [0.1, 0.15) is 66.9 Å². The second-order valence-electron chi connectivity index (χ2n) is 8.34. The summed E-state index contributed by atoms with van der Waals surface area (Å²) in [5.41, 5.74) is 2.17. The van der Waals surface area contributed by atoms with Crippen LogP contribution in [0, 0.1) is 5.92 Å². The summed E-state index contributed by atoms with van der Waals surface area (Å²) in [5, 5.41) is 5.36. The van der Waals surface area contributed by atoms with E-state index in [-0.39, 0.29) is 31.3 Å². The zero-order chi connectivity index (χ0) is 22.6. The van der Waals surface area contributed by atoms with Gasteiger partial charge in [-0.1, -0.05) is 31.9 Å². The normalized spacial score (nSPS) is 22.2. The number of nitrogens with zero attached hydrogens (tertiary/aromatic N) is 1.